The molecule has 1 rings (SSSR count). The van der Waals surface area contributed by atoms with Crippen LogP contribution in [-0.4, -0.2) is 36.4 Å². The normalized spacial score (nSPS) is 9.63. The molecule has 0 aliphatic rings. The molecule has 0 atom stereocenters. The molecule has 0 bridgehead atoms. The van der Waals surface area contributed by atoms with Crippen LogP contribution in [0.2, 0.25) is 0 Å². The van der Waals surface area contributed by atoms with E-state index in [1.54, 1.807) is 18.2 Å². The number of methoxy groups -OCH3 is 2. The van der Waals surface area contributed by atoms with Gasteiger partial charge >= 0.3 is 11.9 Å². The van der Waals surface area contributed by atoms with Gasteiger partial charge in [-0.05, 0) is 24.1 Å². The maximum atomic E-state index is 10.8. The number of carboxylic acids is 2. The van der Waals surface area contributed by atoms with Gasteiger partial charge in [0.25, 0.3) is 0 Å². The molecular formula is C12H14O6Zn. The summed E-state index contributed by atoms with van der Waals surface area (Å²) in [5, 5.41) is 17.6. The minimum Gasteiger partial charge on any atom is -0.497 e. The number of benzene rings is 1. The zero-order valence-corrected chi connectivity index (χ0v) is 13.7. The van der Waals surface area contributed by atoms with Gasteiger partial charge in [0, 0.05) is 25.5 Å². The fourth-order valence-corrected chi connectivity index (χ4v) is 1.50. The summed E-state index contributed by atoms with van der Waals surface area (Å²) in [6.45, 7) is 0. The van der Waals surface area contributed by atoms with E-state index in [1.807, 2.05) is 0 Å². The Balaban J connectivity index is 0.00000324. The second kappa shape index (κ2) is 7.74. The molecule has 0 aliphatic heterocycles. The van der Waals surface area contributed by atoms with Gasteiger partial charge in [0.2, 0.25) is 0 Å². The molecule has 19 heavy (non-hydrogen) atoms. The molecular weight excluding hydrogens is 306 g/mol. The van der Waals surface area contributed by atoms with E-state index in [1.165, 1.54) is 14.2 Å². The van der Waals surface area contributed by atoms with Crippen LogP contribution in [0.5, 0.6) is 11.5 Å². The number of carboxylic acid groups (broad SMARTS) is 2. The van der Waals surface area contributed by atoms with E-state index in [-0.39, 0.29) is 25.9 Å². The monoisotopic (exact) mass is 318 g/mol. The summed E-state index contributed by atoms with van der Waals surface area (Å²) in [5.41, 5.74) is 0.529. The summed E-state index contributed by atoms with van der Waals surface area (Å²) in [6, 6.07) is 4.79. The van der Waals surface area contributed by atoms with Crippen molar-refractivity contribution in [2.75, 3.05) is 14.2 Å². The summed E-state index contributed by atoms with van der Waals surface area (Å²) in [6.07, 6.45) is -0.127. The van der Waals surface area contributed by atoms with Gasteiger partial charge < -0.3 is 19.7 Å². The standard InChI is InChI=1S/C12H14O6.Zn/c1-17-8-3-7(4-9(6-8)18-2)5-10(11(13)14)12(15)16;/h3-4,6,10H,5H2,1-2H3,(H,13,14)(H,15,16);. The third-order valence-corrected chi connectivity index (χ3v) is 2.45. The molecule has 0 heterocycles. The third-order valence-electron chi connectivity index (χ3n) is 2.45. The van der Waals surface area contributed by atoms with Crippen LogP contribution in [0.25, 0.3) is 0 Å². The molecule has 6 nitrogen and oxygen atoms in total. The zero-order valence-electron chi connectivity index (χ0n) is 10.8. The van der Waals surface area contributed by atoms with Crippen molar-refractivity contribution in [1.29, 1.82) is 0 Å². The van der Waals surface area contributed by atoms with Crippen LogP contribution in [0, 0.1) is 5.92 Å². The van der Waals surface area contributed by atoms with Gasteiger partial charge in [0.05, 0.1) is 14.2 Å². The van der Waals surface area contributed by atoms with Crippen molar-refractivity contribution in [2.24, 2.45) is 5.92 Å². The van der Waals surface area contributed by atoms with E-state index in [0.29, 0.717) is 17.1 Å². The molecule has 0 saturated carbocycles. The van der Waals surface area contributed by atoms with Crippen molar-refractivity contribution in [3.05, 3.63) is 23.8 Å². The van der Waals surface area contributed by atoms with Gasteiger partial charge in [-0.1, -0.05) is 0 Å². The molecule has 1 aromatic carbocycles. The van der Waals surface area contributed by atoms with Crippen molar-refractivity contribution in [3.8, 4) is 11.5 Å². The second-order valence-electron chi connectivity index (χ2n) is 3.65. The van der Waals surface area contributed by atoms with Crippen LogP contribution in [0.15, 0.2) is 18.2 Å². The summed E-state index contributed by atoms with van der Waals surface area (Å²) in [4.78, 5) is 21.6. The Hall–Kier alpha value is -1.62. The maximum Gasteiger partial charge on any atom is 0.318 e. The van der Waals surface area contributed by atoms with E-state index in [9.17, 15) is 9.59 Å². The number of aliphatic carboxylic acids is 2. The van der Waals surface area contributed by atoms with Crippen LogP contribution in [-0.2, 0) is 35.5 Å². The summed E-state index contributed by atoms with van der Waals surface area (Å²) in [5.74, 6) is -3.26. The predicted molar refractivity (Wildman–Crippen MR) is 62.0 cm³/mol. The van der Waals surface area contributed by atoms with Gasteiger partial charge in [-0.3, -0.25) is 9.59 Å². The number of hydrogen-bond donors (Lipinski definition) is 2. The number of hydrogen-bond acceptors (Lipinski definition) is 4. The average molecular weight is 320 g/mol. The first-order valence-electron chi connectivity index (χ1n) is 5.15. The molecule has 100 valence electrons. The zero-order chi connectivity index (χ0) is 13.7. The minimum atomic E-state index is -1.48. The van der Waals surface area contributed by atoms with Crippen molar-refractivity contribution < 1.29 is 48.8 Å². The summed E-state index contributed by atoms with van der Waals surface area (Å²) < 4.78 is 10.1. The van der Waals surface area contributed by atoms with Crippen molar-refractivity contribution in [2.45, 2.75) is 6.42 Å². The van der Waals surface area contributed by atoms with Crippen LogP contribution in [0.1, 0.15) is 5.56 Å². The molecule has 0 aliphatic carbocycles. The Morgan fingerprint density at radius 2 is 1.47 bits per heavy atom. The summed E-state index contributed by atoms with van der Waals surface area (Å²) in [7, 11) is 2.93. The molecule has 7 heteroatoms. The van der Waals surface area contributed by atoms with E-state index in [4.69, 9.17) is 19.7 Å². The smallest absolute Gasteiger partial charge is 0.318 e. The molecule has 0 unspecified atom stereocenters. The van der Waals surface area contributed by atoms with Crippen LogP contribution >= 0.6 is 0 Å². The van der Waals surface area contributed by atoms with Crippen LogP contribution < -0.4 is 9.47 Å². The second-order valence-corrected chi connectivity index (χ2v) is 3.65. The quantitative estimate of drug-likeness (QED) is 0.601. The molecule has 0 fully saturated rings. The van der Waals surface area contributed by atoms with Gasteiger partial charge in [-0.2, -0.15) is 0 Å². The molecule has 1 aromatic rings. The SMILES string of the molecule is COc1cc(CC(C(=O)O)C(=O)O)cc(OC)c1.[Zn]. The van der Waals surface area contributed by atoms with Gasteiger partial charge in [-0.15, -0.1) is 0 Å². The van der Waals surface area contributed by atoms with Crippen molar-refractivity contribution >= 4 is 11.9 Å². The Bertz CT molecular complexity index is 423. The molecule has 0 radical (unpaired) electrons. The molecule has 0 saturated heterocycles. The molecule has 0 spiro atoms. The van der Waals surface area contributed by atoms with Crippen molar-refractivity contribution in [3.63, 3.8) is 0 Å². The Labute approximate surface area is 123 Å². The van der Waals surface area contributed by atoms with E-state index < -0.39 is 17.9 Å². The molecule has 2 N–H and O–H groups in total. The predicted octanol–water partition coefficient (Wildman–Crippen LogP) is 1.03. The molecule has 0 amide bonds. The summed E-state index contributed by atoms with van der Waals surface area (Å²) >= 11 is 0. The first-order chi connectivity index (χ1) is 8.47. The van der Waals surface area contributed by atoms with Gasteiger partial charge in [0.15, 0.2) is 5.92 Å². The topological polar surface area (TPSA) is 93.1 Å². The fourth-order valence-electron chi connectivity index (χ4n) is 1.50. The maximum absolute atomic E-state index is 10.8. The number of ether oxygens (including phenoxy) is 2. The van der Waals surface area contributed by atoms with Gasteiger partial charge in [0.1, 0.15) is 11.5 Å². The molecule has 0 aromatic heterocycles. The number of carbonyl (C=O) groups is 2. The largest absolute Gasteiger partial charge is 0.497 e. The van der Waals surface area contributed by atoms with Crippen molar-refractivity contribution in [1.82, 2.24) is 0 Å². The first-order valence-corrected chi connectivity index (χ1v) is 5.15. The minimum absolute atomic E-state index is 0. The van der Waals surface area contributed by atoms with E-state index in [0.717, 1.165) is 0 Å². The number of rotatable bonds is 6. The van der Waals surface area contributed by atoms with E-state index >= 15 is 0 Å². The Morgan fingerprint density at radius 3 is 1.79 bits per heavy atom. The Morgan fingerprint density at radius 1 is 1.05 bits per heavy atom. The van der Waals surface area contributed by atoms with E-state index in [2.05, 4.69) is 0 Å². The Kier molecular flexibility index (Phi) is 7.08. The van der Waals surface area contributed by atoms with Crippen LogP contribution in [0.3, 0.4) is 0 Å². The fraction of sp³-hybridized carbons (Fsp3) is 0.333. The van der Waals surface area contributed by atoms with Gasteiger partial charge in [-0.25, -0.2) is 0 Å². The first kappa shape index (κ1) is 17.4. The third kappa shape index (κ3) is 4.87. The van der Waals surface area contributed by atoms with Crippen LogP contribution in [0.4, 0.5) is 0 Å². The average Bonchev–Trinajstić information content (AvgIpc) is 2.34.